The van der Waals surface area contributed by atoms with Crippen LogP contribution in [0.15, 0.2) is 53.0 Å². The van der Waals surface area contributed by atoms with Gasteiger partial charge in [0.25, 0.3) is 5.91 Å². The molecule has 8 heteroatoms. The molecule has 0 unspecified atom stereocenters. The molecule has 0 heterocycles. The molecule has 1 atom stereocenters. The van der Waals surface area contributed by atoms with Crippen molar-refractivity contribution in [3.63, 3.8) is 0 Å². The lowest BCUT2D eigenvalue weighted by atomic mass is 10.2. The van der Waals surface area contributed by atoms with Gasteiger partial charge in [0.2, 0.25) is 3.79 Å². The summed E-state index contributed by atoms with van der Waals surface area (Å²) in [7, 11) is 0. The first-order valence-corrected chi connectivity index (χ1v) is 8.71. The Kier molecular flexibility index (Phi) is 6.46. The van der Waals surface area contributed by atoms with Gasteiger partial charge in [-0.15, -0.1) is 0 Å². The number of halogens is 5. The maximum atomic E-state index is 12.3. The molecular formula is C15H11BrCl4N2O. The van der Waals surface area contributed by atoms with Crippen molar-refractivity contribution in [1.82, 2.24) is 5.32 Å². The molecule has 0 fully saturated rings. The van der Waals surface area contributed by atoms with E-state index < -0.39 is 9.96 Å². The smallest absolute Gasteiger partial charge is 0.252 e. The van der Waals surface area contributed by atoms with Crippen LogP contribution in [0.4, 0.5) is 5.69 Å². The Morgan fingerprint density at radius 3 is 2.09 bits per heavy atom. The monoisotopic (exact) mass is 454 g/mol. The predicted molar refractivity (Wildman–Crippen MR) is 101 cm³/mol. The van der Waals surface area contributed by atoms with Crippen molar-refractivity contribution in [1.29, 1.82) is 0 Å². The first kappa shape index (κ1) is 18.7. The summed E-state index contributed by atoms with van der Waals surface area (Å²) in [6.07, 6.45) is -0.926. The van der Waals surface area contributed by atoms with E-state index in [1.54, 1.807) is 48.5 Å². The number of hydrogen-bond donors (Lipinski definition) is 2. The molecule has 0 saturated carbocycles. The Balaban J connectivity index is 2.14. The van der Waals surface area contributed by atoms with Gasteiger partial charge in [0.05, 0.1) is 0 Å². The second kappa shape index (κ2) is 7.95. The number of carbonyl (C=O) groups is 1. The maximum Gasteiger partial charge on any atom is 0.252 e. The van der Waals surface area contributed by atoms with E-state index in [4.69, 9.17) is 46.4 Å². The van der Waals surface area contributed by atoms with Gasteiger partial charge < -0.3 is 10.6 Å². The number of hydrogen-bond acceptors (Lipinski definition) is 2. The molecule has 0 spiro atoms. The van der Waals surface area contributed by atoms with Gasteiger partial charge in [0.1, 0.15) is 6.17 Å². The minimum absolute atomic E-state index is 0.365. The second-order valence-corrected chi connectivity index (χ2v) is 8.33. The van der Waals surface area contributed by atoms with Crippen molar-refractivity contribution in [3.05, 3.63) is 63.6 Å². The minimum atomic E-state index is -1.75. The summed E-state index contributed by atoms with van der Waals surface area (Å²) in [6, 6.07) is 13.7. The molecule has 2 aromatic carbocycles. The van der Waals surface area contributed by atoms with Gasteiger partial charge in [-0.2, -0.15) is 0 Å². The zero-order valence-corrected chi connectivity index (χ0v) is 16.1. The van der Waals surface area contributed by atoms with Gasteiger partial charge in [-0.05, 0) is 48.5 Å². The third kappa shape index (κ3) is 5.73. The molecule has 1 amide bonds. The molecular weight excluding hydrogens is 446 g/mol. The van der Waals surface area contributed by atoms with Crippen molar-refractivity contribution < 1.29 is 4.79 Å². The van der Waals surface area contributed by atoms with Gasteiger partial charge in [-0.1, -0.05) is 62.3 Å². The molecule has 0 aliphatic carbocycles. The van der Waals surface area contributed by atoms with E-state index in [1.165, 1.54) is 0 Å². The Hall–Kier alpha value is -0.650. The Morgan fingerprint density at radius 2 is 1.57 bits per heavy atom. The lowest BCUT2D eigenvalue weighted by Crippen LogP contribution is -2.49. The van der Waals surface area contributed by atoms with Gasteiger partial charge in [0, 0.05) is 20.7 Å². The van der Waals surface area contributed by atoms with Gasteiger partial charge in [-0.25, -0.2) is 0 Å². The molecule has 0 radical (unpaired) electrons. The lowest BCUT2D eigenvalue weighted by molar-refractivity contribution is 0.0942. The number of amides is 1. The van der Waals surface area contributed by atoms with E-state index in [1.807, 2.05) is 0 Å². The Labute approximate surface area is 162 Å². The number of rotatable bonds is 4. The fourth-order valence-electron chi connectivity index (χ4n) is 1.73. The summed E-state index contributed by atoms with van der Waals surface area (Å²) in [5.41, 5.74) is 1.10. The zero-order valence-electron chi connectivity index (χ0n) is 11.5. The van der Waals surface area contributed by atoms with Crippen LogP contribution in [0, 0.1) is 0 Å². The largest absolute Gasteiger partial charge is 0.362 e. The molecule has 2 rings (SSSR count). The highest BCUT2D eigenvalue weighted by Crippen LogP contribution is 2.31. The fourth-order valence-corrected chi connectivity index (χ4v) is 2.45. The molecule has 23 heavy (non-hydrogen) atoms. The molecule has 0 aromatic heterocycles. The summed E-state index contributed by atoms with van der Waals surface area (Å²) in [5.74, 6) is -0.365. The van der Waals surface area contributed by atoms with E-state index in [0.717, 1.165) is 4.47 Å². The number of carbonyl (C=O) groups excluding carboxylic acids is 1. The molecule has 0 saturated heterocycles. The number of anilines is 1. The summed E-state index contributed by atoms with van der Waals surface area (Å²) in [5, 5.41) is 6.21. The Bertz CT molecular complexity index is 671. The predicted octanol–water partition coefficient (Wildman–Crippen LogP) is 5.64. The highest BCUT2D eigenvalue weighted by molar-refractivity contribution is 9.10. The van der Waals surface area contributed by atoms with Crippen molar-refractivity contribution >= 4 is 73.9 Å². The highest BCUT2D eigenvalue weighted by atomic mass is 79.9. The first-order chi connectivity index (χ1) is 10.8. The molecule has 2 aromatic rings. The summed E-state index contributed by atoms with van der Waals surface area (Å²) < 4.78 is -0.878. The van der Waals surface area contributed by atoms with Crippen molar-refractivity contribution in [3.8, 4) is 0 Å². The van der Waals surface area contributed by atoms with Gasteiger partial charge in [0.15, 0.2) is 0 Å². The molecule has 0 aliphatic rings. The topological polar surface area (TPSA) is 41.1 Å². The van der Waals surface area contributed by atoms with Crippen LogP contribution in [0.1, 0.15) is 10.4 Å². The molecule has 2 N–H and O–H groups in total. The number of benzene rings is 2. The van der Waals surface area contributed by atoms with Crippen LogP contribution in [0.25, 0.3) is 0 Å². The highest BCUT2D eigenvalue weighted by Gasteiger charge is 2.34. The van der Waals surface area contributed by atoms with Crippen molar-refractivity contribution in [2.75, 3.05) is 5.32 Å². The summed E-state index contributed by atoms with van der Waals surface area (Å²) in [4.78, 5) is 12.3. The van der Waals surface area contributed by atoms with E-state index in [2.05, 4.69) is 26.6 Å². The van der Waals surface area contributed by atoms with E-state index in [-0.39, 0.29) is 5.91 Å². The van der Waals surface area contributed by atoms with Crippen LogP contribution >= 0.6 is 62.3 Å². The third-order valence-corrected chi connectivity index (χ3v) is 4.30. The van der Waals surface area contributed by atoms with Crippen LogP contribution in [-0.4, -0.2) is 15.9 Å². The molecule has 122 valence electrons. The van der Waals surface area contributed by atoms with E-state index >= 15 is 0 Å². The quantitative estimate of drug-likeness (QED) is 0.461. The maximum absolute atomic E-state index is 12.3. The Morgan fingerprint density at radius 1 is 1.00 bits per heavy atom. The summed E-state index contributed by atoms with van der Waals surface area (Å²) in [6.45, 7) is 0. The van der Waals surface area contributed by atoms with E-state index in [0.29, 0.717) is 16.3 Å². The van der Waals surface area contributed by atoms with Crippen LogP contribution in [-0.2, 0) is 0 Å². The molecule has 3 nitrogen and oxygen atoms in total. The van der Waals surface area contributed by atoms with Crippen LogP contribution in [0.3, 0.4) is 0 Å². The molecule has 0 bridgehead atoms. The normalized spacial score (nSPS) is 12.6. The van der Waals surface area contributed by atoms with Crippen molar-refractivity contribution in [2.24, 2.45) is 0 Å². The fraction of sp³-hybridized carbons (Fsp3) is 0.133. The zero-order chi connectivity index (χ0) is 17.0. The van der Waals surface area contributed by atoms with E-state index in [9.17, 15) is 4.79 Å². The molecule has 0 aliphatic heterocycles. The van der Waals surface area contributed by atoms with Crippen LogP contribution in [0.5, 0.6) is 0 Å². The van der Waals surface area contributed by atoms with Gasteiger partial charge >= 0.3 is 0 Å². The minimum Gasteiger partial charge on any atom is -0.362 e. The average Bonchev–Trinajstić information content (AvgIpc) is 2.48. The third-order valence-electron chi connectivity index (χ3n) is 2.86. The summed E-state index contributed by atoms with van der Waals surface area (Å²) >= 11 is 27.0. The standard InChI is InChI=1S/C15H11BrCl4N2O/c16-10-3-1-9(2-4-10)13(23)22-14(15(18,19)20)21-12-7-5-11(17)6-8-12/h1-8,14,21H,(H,22,23)/t14-/m0/s1. The second-order valence-electron chi connectivity index (χ2n) is 4.61. The number of alkyl halides is 3. The average molecular weight is 457 g/mol. The first-order valence-electron chi connectivity index (χ1n) is 6.41. The van der Waals surface area contributed by atoms with Gasteiger partial charge in [-0.3, -0.25) is 4.79 Å². The van der Waals surface area contributed by atoms with Crippen molar-refractivity contribution in [2.45, 2.75) is 9.96 Å². The number of nitrogens with one attached hydrogen (secondary N) is 2. The SMILES string of the molecule is O=C(N[C@H](Nc1ccc(Cl)cc1)C(Cl)(Cl)Cl)c1ccc(Br)cc1. The lowest BCUT2D eigenvalue weighted by Gasteiger charge is -2.27. The van der Waals surface area contributed by atoms with Crippen LogP contribution in [0.2, 0.25) is 5.02 Å². The van der Waals surface area contributed by atoms with Crippen LogP contribution < -0.4 is 10.6 Å².